The second kappa shape index (κ2) is 6.12. The number of carbonyl (C=O) groups excluding carboxylic acids is 1. The number of hydrogen-bond donors (Lipinski definition) is 1. The lowest BCUT2D eigenvalue weighted by atomic mass is 10.2. The topological polar surface area (TPSA) is 63.0 Å². The lowest BCUT2D eigenvalue weighted by Gasteiger charge is -2.09. The van der Waals surface area contributed by atoms with Gasteiger partial charge in [0.2, 0.25) is 5.91 Å². The van der Waals surface area contributed by atoms with Gasteiger partial charge in [-0.05, 0) is 17.7 Å². The molecule has 1 aliphatic heterocycles. The lowest BCUT2D eigenvalue weighted by Crippen LogP contribution is -2.19. The lowest BCUT2D eigenvalue weighted by molar-refractivity contribution is -0.275. The highest BCUT2D eigenvalue weighted by atomic mass is 32.2. The molecule has 1 fully saturated rings. The Morgan fingerprint density at radius 2 is 2.14 bits per heavy atom. The first-order valence-electron chi connectivity index (χ1n) is 5.42. The third-order valence-corrected chi connectivity index (χ3v) is 2.99. The van der Waals surface area contributed by atoms with Crippen LogP contribution >= 0.6 is 11.8 Å². The summed E-state index contributed by atoms with van der Waals surface area (Å²) in [6, 6.07) is 2.87. The first-order valence-corrected chi connectivity index (χ1v) is 6.41. The van der Waals surface area contributed by atoms with Crippen LogP contribution in [0.4, 0.5) is 17.6 Å². The molecular weight excluding hydrogens is 314 g/mol. The van der Waals surface area contributed by atoms with Crippen LogP contribution in [0.25, 0.3) is 0 Å². The largest absolute Gasteiger partial charge is 0.573 e. The average molecular weight is 321 g/mol. The summed E-state index contributed by atoms with van der Waals surface area (Å²) in [6.45, 7) is 0. The van der Waals surface area contributed by atoms with E-state index in [0.717, 1.165) is 30.1 Å². The summed E-state index contributed by atoms with van der Waals surface area (Å²) in [4.78, 5) is 10.9. The van der Waals surface area contributed by atoms with E-state index in [4.69, 9.17) is 0 Å². The normalized spacial score (nSPS) is 17.5. The van der Waals surface area contributed by atoms with Crippen LogP contribution in [0.2, 0.25) is 0 Å². The molecule has 0 aliphatic carbocycles. The van der Waals surface area contributed by atoms with Crippen molar-refractivity contribution in [3.05, 3.63) is 29.6 Å². The second-order valence-corrected chi connectivity index (χ2v) is 4.69. The molecule has 1 N–H and O–H groups in total. The Morgan fingerprint density at radius 3 is 2.76 bits per heavy atom. The SMILES string of the molecule is O=C1CSC(=NN=Cc2ccc(F)c(OC(F)(F)F)c2)N1. The summed E-state index contributed by atoms with van der Waals surface area (Å²) in [5.41, 5.74) is 0.161. The number of alkyl halides is 3. The number of amides is 1. The van der Waals surface area contributed by atoms with Crippen LogP contribution < -0.4 is 10.1 Å². The van der Waals surface area contributed by atoms with E-state index in [0.29, 0.717) is 0 Å². The first kappa shape index (κ1) is 15.3. The van der Waals surface area contributed by atoms with Crippen molar-refractivity contribution in [2.24, 2.45) is 10.2 Å². The molecule has 0 bridgehead atoms. The van der Waals surface area contributed by atoms with Gasteiger partial charge < -0.3 is 10.1 Å². The molecule has 0 atom stereocenters. The van der Waals surface area contributed by atoms with Crippen LogP contribution in [-0.4, -0.2) is 29.4 Å². The number of carbonyl (C=O) groups is 1. The van der Waals surface area contributed by atoms with Gasteiger partial charge in [0.1, 0.15) is 0 Å². The molecule has 10 heteroatoms. The number of rotatable bonds is 3. The second-order valence-electron chi connectivity index (χ2n) is 3.72. The molecule has 112 valence electrons. The summed E-state index contributed by atoms with van der Waals surface area (Å²) in [6.07, 6.45) is -3.87. The van der Waals surface area contributed by atoms with Gasteiger partial charge in [-0.3, -0.25) is 4.79 Å². The molecule has 0 aromatic heterocycles. The highest BCUT2D eigenvalue weighted by molar-refractivity contribution is 8.15. The van der Waals surface area contributed by atoms with E-state index in [1.165, 1.54) is 6.07 Å². The zero-order chi connectivity index (χ0) is 15.5. The fourth-order valence-electron chi connectivity index (χ4n) is 1.33. The fourth-order valence-corrected chi connectivity index (χ4v) is 1.96. The van der Waals surface area contributed by atoms with E-state index < -0.39 is 17.9 Å². The molecule has 1 heterocycles. The van der Waals surface area contributed by atoms with E-state index in [9.17, 15) is 22.4 Å². The van der Waals surface area contributed by atoms with Gasteiger partial charge in [-0.15, -0.1) is 18.3 Å². The molecule has 0 spiro atoms. The highest BCUT2D eigenvalue weighted by Gasteiger charge is 2.32. The summed E-state index contributed by atoms with van der Waals surface area (Å²) in [5, 5.41) is 9.95. The maximum atomic E-state index is 13.2. The van der Waals surface area contributed by atoms with Crippen LogP contribution in [0, 0.1) is 5.82 Å². The molecule has 1 aromatic carbocycles. The van der Waals surface area contributed by atoms with Crippen molar-refractivity contribution >= 4 is 29.1 Å². The van der Waals surface area contributed by atoms with Crippen molar-refractivity contribution in [1.82, 2.24) is 5.32 Å². The zero-order valence-electron chi connectivity index (χ0n) is 10.1. The Kier molecular flexibility index (Phi) is 4.46. The van der Waals surface area contributed by atoms with E-state index in [1.807, 2.05) is 0 Å². The fraction of sp³-hybridized carbons (Fsp3) is 0.182. The number of amidine groups is 1. The van der Waals surface area contributed by atoms with Crippen LogP contribution in [0.1, 0.15) is 5.56 Å². The van der Waals surface area contributed by atoms with Crippen molar-refractivity contribution in [3.8, 4) is 5.75 Å². The number of nitrogens with one attached hydrogen (secondary N) is 1. The van der Waals surface area contributed by atoms with Crippen molar-refractivity contribution in [2.45, 2.75) is 6.36 Å². The number of ether oxygens (including phenoxy) is 1. The van der Waals surface area contributed by atoms with Gasteiger partial charge in [0.05, 0.1) is 12.0 Å². The zero-order valence-corrected chi connectivity index (χ0v) is 11.0. The molecule has 21 heavy (non-hydrogen) atoms. The minimum atomic E-state index is -4.98. The van der Waals surface area contributed by atoms with E-state index >= 15 is 0 Å². The van der Waals surface area contributed by atoms with Gasteiger partial charge in [0.15, 0.2) is 16.7 Å². The molecule has 1 amide bonds. The van der Waals surface area contributed by atoms with Gasteiger partial charge in [0, 0.05) is 0 Å². The first-order chi connectivity index (χ1) is 9.83. The molecule has 1 aromatic rings. The van der Waals surface area contributed by atoms with Crippen LogP contribution in [0.15, 0.2) is 28.4 Å². The minimum absolute atomic E-state index is 0.161. The Labute approximate surface area is 120 Å². The van der Waals surface area contributed by atoms with E-state index in [2.05, 4.69) is 20.3 Å². The maximum Gasteiger partial charge on any atom is 0.573 e. The molecule has 0 saturated carbocycles. The van der Waals surface area contributed by atoms with Crippen LogP contribution in [0.5, 0.6) is 5.75 Å². The summed E-state index contributed by atoms with van der Waals surface area (Å²) in [7, 11) is 0. The Bertz CT molecular complexity index is 616. The highest BCUT2D eigenvalue weighted by Crippen LogP contribution is 2.26. The quantitative estimate of drug-likeness (QED) is 0.528. The van der Waals surface area contributed by atoms with Crippen molar-refractivity contribution in [3.63, 3.8) is 0 Å². The number of halogens is 4. The molecule has 0 unspecified atom stereocenters. The number of nitrogens with zero attached hydrogens (tertiary/aromatic N) is 2. The Balaban J connectivity index is 2.10. The molecule has 1 saturated heterocycles. The van der Waals surface area contributed by atoms with Crippen LogP contribution in [-0.2, 0) is 4.79 Å². The van der Waals surface area contributed by atoms with Gasteiger partial charge in [0.25, 0.3) is 0 Å². The minimum Gasteiger partial charge on any atom is -0.403 e. The smallest absolute Gasteiger partial charge is 0.403 e. The Hall–Kier alpha value is -2.10. The van der Waals surface area contributed by atoms with Crippen molar-refractivity contribution < 1.29 is 27.1 Å². The third kappa shape index (κ3) is 4.74. The molecule has 1 aliphatic rings. The van der Waals surface area contributed by atoms with Crippen molar-refractivity contribution in [2.75, 3.05) is 5.75 Å². The molecule has 5 nitrogen and oxygen atoms in total. The standard InChI is InChI=1S/C11H7F4N3O2S/c12-7-2-1-6(3-8(7)20-11(13,14)15)4-16-18-10-17-9(19)5-21-10/h1-4H,5H2,(H,17,18,19). The molecule has 2 rings (SSSR count). The average Bonchev–Trinajstić information content (AvgIpc) is 2.77. The maximum absolute atomic E-state index is 13.2. The number of hydrogen-bond acceptors (Lipinski definition) is 5. The van der Waals surface area contributed by atoms with E-state index in [-0.39, 0.29) is 22.4 Å². The van der Waals surface area contributed by atoms with E-state index in [1.54, 1.807) is 0 Å². The van der Waals surface area contributed by atoms with Gasteiger partial charge in [-0.2, -0.15) is 5.10 Å². The third-order valence-electron chi connectivity index (χ3n) is 2.12. The molecular formula is C11H7F4N3O2S. The van der Waals surface area contributed by atoms with Gasteiger partial charge in [-0.1, -0.05) is 17.8 Å². The van der Waals surface area contributed by atoms with Crippen LogP contribution in [0.3, 0.4) is 0 Å². The Morgan fingerprint density at radius 1 is 1.38 bits per heavy atom. The van der Waals surface area contributed by atoms with Gasteiger partial charge >= 0.3 is 6.36 Å². The number of benzene rings is 1. The number of thioether (sulfide) groups is 1. The predicted octanol–water partition coefficient (Wildman–Crippen LogP) is 2.28. The monoisotopic (exact) mass is 321 g/mol. The summed E-state index contributed by atoms with van der Waals surface area (Å²) >= 11 is 1.14. The predicted molar refractivity (Wildman–Crippen MR) is 68.7 cm³/mol. The molecule has 0 radical (unpaired) electrons. The summed E-state index contributed by atoms with van der Waals surface area (Å²) in [5.74, 6) is -2.08. The van der Waals surface area contributed by atoms with Crippen molar-refractivity contribution in [1.29, 1.82) is 0 Å². The summed E-state index contributed by atoms with van der Waals surface area (Å²) < 4.78 is 52.9. The van der Waals surface area contributed by atoms with Gasteiger partial charge in [-0.25, -0.2) is 4.39 Å².